The minimum absolute atomic E-state index is 0.134. The molecular weight excluding hydrogens is 386 g/mol. The first-order valence-corrected chi connectivity index (χ1v) is 9.84. The summed E-state index contributed by atoms with van der Waals surface area (Å²) in [5.74, 6) is 0.416. The van der Waals surface area contributed by atoms with Gasteiger partial charge in [-0.1, -0.05) is 17.4 Å². The van der Waals surface area contributed by atoms with Crippen molar-refractivity contribution in [3.05, 3.63) is 65.6 Å². The quantitative estimate of drug-likeness (QED) is 0.529. The number of anilines is 2. The summed E-state index contributed by atoms with van der Waals surface area (Å²) in [5, 5.41) is 6.14. The van der Waals surface area contributed by atoms with Crippen LogP contribution < -0.4 is 10.6 Å². The first kappa shape index (κ1) is 18.8. The summed E-state index contributed by atoms with van der Waals surface area (Å²) in [5.41, 5.74) is 3.78. The number of rotatable bonds is 4. The van der Waals surface area contributed by atoms with Crippen molar-refractivity contribution in [1.82, 2.24) is 14.5 Å². The molecule has 4 aromatic rings. The van der Waals surface area contributed by atoms with Gasteiger partial charge in [-0.3, -0.25) is 14.9 Å². The molecular formula is C21H19N5O2S. The fourth-order valence-electron chi connectivity index (χ4n) is 3.25. The van der Waals surface area contributed by atoms with Crippen LogP contribution in [0, 0.1) is 13.8 Å². The van der Waals surface area contributed by atoms with Crippen molar-refractivity contribution in [2.45, 2.75) is 20.8 Å². The van der Waals surface area contributed by atoms with Gasteiger partial charge in [0.05, 0.1) is 15.8 Å². The molecule has 7 nitrogen and oxygen atoms in total. The minimum Gasteiger partial charge on any atom is -0.326 e. The second kappa shape index (κ2) is 7.48. The Labute approximate surface area is 171 Å². The van der Waals surface area contributed by atoms with Crippen molar-refractivity contribution >= 4 is 44.2 Å². The molecule has 0 saturated heterocycles. The summed E-state index contributed by atoms with van der Waals surface area (Å²) in [6.07, 6.45) is 1.73. The Bertz CT molecular complexity index is 1230. The molecule has 0 bridgehead atoms. The van der Waals surface area contributed by atoms with Crippen LogP contribution in [0.15, 0.2) is 48.7 Å². The van der Waals surface area contributed by atoms with Gasteiger partial charge >= 0.3 is 0 Å². The topological polar surface area (TPSA) is 88.9 Å². The van der Waals surface area contributed by atoms with Crippen molar-refractivity contribution in [1.29, 1.82) is 0 Å². The van der Waals surface area contributed by atoms with Gasteiger partial charge in [0, 0.05) is 30.2 Å². The molecule has 3 aromatic heterocycles. The van der Waals surface area contributed by atoms with Gasteiger partial charge in [0.1, 0.15) is 5.82 Å². The molecule has 0 radical (unpaired) electrons. The predicted octanol–water partition coefficient (Wildman–Crippen LogP) is 4.31. The number of fused-ring (bicyclic) bond motifs is 1. The Morgan fingerprint density at radius 1 is 1.07 bits per heavy atom. The third-order valence-electron chi connectivity index (χ3n) is 4.48. The highest BCUT2D eigenvalue weighted by atomic mass is 32.1. The number of nitrogens with zero attached hydrogens (tertiary/aromatic N) is 3. The maximum Gasteiger partial charge on any atom is 0.259 e. The molecule has 0 aliphatic heterocycles. The van der Waals surface area contributed by atoms with Gasteiger partial charge < -0.3 is 9.88 Å². The third kappa shape index (κ3) is 3.74. The lowest BCUT2D eigenvalue weighted by atomic mass is 10.2. The van der Waals surface area contributed by atoms with Crippen LogP contribution in [0.5, 0.6) is 0 Å². The zero-order valence-electron chi connectivity index (χ0n) is 16.2. The summed E-state index contributed by atoms with van der Waals surface area (Å²) >= 11 is 1.36. The summed E-state index contributed by atoms with van der Waals surface area (Å²) in [7, 11) is 0. The number of aromatic nitrogens is 3. The molecule has 2 N–H and O–H groups in total. The van der Waals surface area contributed by atoms with Crippen LogP contribution in [0.4, 0.5) is 10.8 Å². The lowest BCUT2D eigenvalue weighted by molar-refractivity contribution is -0.114. The fourth-order valence-corrected chi connectivity index (χ4v) is 4.15. The fraction of sp³-hybridized carbons (Fsp3) is 0.143. The SMILES string of the molecule is CC(=O)Nc1ccc2nc(NC(=O)c3cc(C)n(-c4ccccn4)c3C)sc2c1. The van der Waals surface area contributed by atoms with E-state index in [-0.39, 0.29) is 11.8 Å². The first-order valence-electron chi connectivity index (χ1n) is 9.02. The number of hydrogen-bond acceptors (Lipinski definition) is 5. The van der Waals surface area contributed by atoms with Gasteiger partial charge in [-0.15, -0.1) is 0 Å². The second-order valence-electron chi connectivity index (χ2n) is 6.64. The molecule has 2 amide bonds. The Kier molecular flexibility index (Phi) is 4.85. The number of thiazole rings is 1. The molecule has 29 heavy (non-hydrogen) atoms. The summed E-state index contributed by atoms with van der Waals surface area (Å²) in [6.45, 7) is 5.30. The molecule has 0 atom stereocenters. The van der Waals surface area contributed by atoms with E-state index in [0.29, 0.717) is 16.4 Å². The van der Waals surface area contributed by atoms with Gasteiger partial charge in [-0.25, -0.2) is 9.97 Å². The highest BCUT2D eigenvalue weighted by Gasteiger charge is 2.18. The Morgan fingerprint density at radius 3 is 2.62 bits per heavy atom. The van der Waals surface area contributed by atoms with Gasteiger partial charge in [-0.05, 0) is 50.2 Å². The van der Waals surface area contributed by atoms with Crippen molar-refractivity contribution in [3.8, 4) is 5.82 Å². The number of benzene rings is 1. The van der Waals surface area contributed by atoms with Crippen molar-refractivity contribution in [2.75, 3.05) is 10.6 Å². The van der Waals surface area contributed by atoms with Gasteiger partial charge in [0.15, 0.2) is 5.13 Å². The molecule has 146 valence electrons. The zero-order valence-corrected chi connectivity index (χ0v) is 17.0. The number of hydrogen-bond donors (Lipinski definition) is 2. The number of carbonyl (C=O) groups is 2. The standard InChI is InChI=1S/C21H19N5O2S/c1-12-10-16(13(2)26(12)19-6-4-5-9-22-19)20(28)25-21-24-17-8-7-15(23-14(3)27)11-18(17)29-21/h4-11H,1-3H3,(H,23,27)(H,24,25,28). The van der Waals surface area contributed by atoms with Crippen LogP contribution in [-0.2, 0) is 4.79 Å². The number of nitrogens with one attached hydrogen (secondary N) is 2. The van der Waals surface area contributed by atoms with E-state index in [9.17, 15) is 9.59 Å². The molecule has 4 rings (SSSR count). The van der Waals surface area contributed by atoms with E-state index in [4.69, 9.17) is 0 Å². The van der Waals surface area contributed by atoms with Crippen molar-refractivity contribution in [2.24, 2.45) is 0 Å². The lowest BCUT2D eigenvalue weighted by Crippen LogP contribution is -2.13. The van der Waals surface area contributed by atoms with E-state index >= 15 is 0 Å². The average molecular weight is 405 g/mol. The molecule has 8 heteroatoms. The molecule has 0 saturated carbocycles. The van der Waals surface area contributed by atoms with Crippen LogP contribution in [0.25, 0.3) is 16.0 Å². The van der Waals surface area contributed by atoms with Crippen LogP contribution in [0.1, 0.15) is 28.7 Å². The highest BCUT2D eigenvalue weighted by Crippen LogP contribution is 2.29. The van der Waals surface area contributed by atoms with E-state index in [1.54, 1.807) is 12.3 Å². The van der Waals surface area contributed by atoms with Crippen LogP contribution >= 0.6 is 11.3 Å². The largest absolute Gasteiger partial charge is 0.326 e. The van der Waals surface area contributed by atoms with Crippen molar-refractivity contribution in [3.63, 3.8) is 0 Å². The maximum absolute atomic E-state index is 12.9. The maximum atomic E-state index is 12.9. The van der Waals surface area contributed by atoms with E-state index < -0.39 is 0 Å². The van der Waals surface area contributed by atoms with Gasteiger partial charge in [0.2, 0.25) is 5.91 Å². The summed E-state index contributed by atoms with van der Waals surface area (Å²) in [4.78, 5) is 33.0. The number of amides is 2. The van der Waals surface area contributed by atoms with Crippen molar-refractivity contribution < 1.29 is 9.59 Å². The van der Waals surface area contributed by atoms with Crippen LogP contribution in [0.3, 0.4) is 0 Å². The number of pyridine rings is 1. The molecule has 0 spiro atoms. The monoisotopic (exact) mass is 405 g/mol. The van der Waals surface area contributed by atoms with E-state index in [2.05, 4.69) is 20.6 Å². The normalized spacial score (nSPS) is 10.9. The first-order chi connectivity index (χ1) is 13.9. The highest BCUT2D eigenvalue weighted by molar-refractivity contribution is 7.22. The molecule has 0 fully saturated rings. The van der Waals surface area contributed by atoms with Gasteiger partial charge in [0.25, 0.3) is 5.91 Å². The van der Waals surface area contributed by atoms with Crippen LogP contribution in [-0.4, -0.2) is 26.3 Å². The number of aryl methyl sites for hydroxylation is 1. The summed E-state index contributed by atoms with van der Waals surface area (Å²) in [6, 6.07) is 13.0. The molecule has 3 heterocycles. The molecule has 0 aliphatic rings. The predicted molar refractivity (Wildman–Crippen MR) is 115 cm³/mol. The lowest BCUT2D eigenvalue weighted by Gasteiger charge is -2.08. The second-order valence-corrected chi connectivity index (χ2v) is 7.68. The van der Waals surface area contributed by atoms with E-state index in [1.165, 1.54) is 18.3 Å². The third-order valence-corrected chi connectivity index (χ3v) is 5.42. The minimum atomic E-state index is -0.221. The van der Waals surface area contributed by atoms with Crippen LogP contribution in [0.2, 0.25) is 0 Å². The van der Waals surface area contributed by atoms with E-state index in [1.807, 2.05) is 54.8 Å². The van der Waals surface area contributed by atoms with Gasteiger partial charge in [-0.2, -0.15) is 0 Å². The Morgan fingerprint density at radius 2 is 1.90 bits per heavy atom. The smallest absolute Gasteiger partial charge is 0.259 e. The average Bonchev–Trinajstić information content (AvgIpc) is 3.21. The zero-order chi connectivity index (χ0) is 20.5. The van der Waals surface area contributed by atoms with E-state index in [0.717, 1.165) is 27.4 Å². The molecule has 0 unspecified atom stereocenters. The molecule has 0 aliphatic carbocycles. The Balaban J connectivity index is 1.61. The summed E-state index contributed by atoms with van der Waals surface area (Å²) < 4.78 is 2.83. The Hall–Kier alpha value is -3.52. The molecule has 1 aromatic carbocycles. The number of carbonyl (C=O) groups excluding carboxylic acids is 2.